The van der Waals surface area contributed by atoms with Crippen molar-refractivity contribution in [2.45, 2.75) is 12.1 Å². The van der Waals surface area contributed by atoms with Crippen molar-refractivity contribution < 1.29 is 4.79 Å². The number of carbonyl (C=O) groups excluding carboxylic acids is 1. The van der Waals surface area contributed by atoms with Crippen LogP contribution >= 0.6 is 11.8 Å². The van der Waals surface area contributed by atoms with Crippen molar-refractivity contribution in [1.82, 2.24) is 20.2 Å². The van der Waals surface area contributed by atoms with Gasteiger partial charge in [-0.15, -0.1) is 5.10 Å². The number of thioether (sulfide) groups is 1. The van der Waals surface area contributed by atoms with E-state index in [4.69, 9.17) is 0 Å². The maximum Gasteiger partial charge on any atom is 0.220 e. The van der Waals surface area contributed by atoms with Crippen LogP contribution in [0.2, 0.25) is 0 Å². The van der Waals surface area contributed by atoms with Gasteiger partial charge in [-0.2, -0.15) is 9.78 Å². The van der Waals surface area contributed by atoms with Crippen LogP contribution in [0.3, 0.4) is 0 Å². The average Bonchev–Trinajstić information content (AvgIpc) is 3.26. The van der Waals surface area contributed by atoms with Gasteiger partial charge in [0.2, 0.25) is 10.9 Å². The second-order valence-electron chi connectivity index (χ2n) is 6.40. The molecule has 0 atom stereocenters. The lowest BCUT2D eigenvalue weighted by atomic mass is 10.1. The zero-order chi connectivity index (χ0) is 20.8. The quantitative estimate of drug-likeness (QED) is 0.166. The molecule has 1 aromatic heterocycles. The molecule has 0 aliphatic rings. The Morgan fingerprint density at radius 1 is 0.933 bits per heavy atom. The molecule has 8 heteroatoms. The molecule has 0 saturated heterocycles. The molecule has 0 aliphatic heterocycles. The number of para-hydroxylation sites is 1. The van der Waals surface area contributed by atoms with Crippen molar-refractivity contribution in [3.05, 3.63) is 96.1 Å². The smallest absolute Gasteiger partial charge is 0.220 e. The zero-order valence-corrected chi connectivity index (χ0v) is 17.0. The Bertz CT molecular complexity index is 1160. The Balaban J connectivity index is 1.66. The lowest BCUT2D eigenvalue weighted by Gasteiger charge is -2.08. The van der Waals surface area contributed by atoms with Gasteiger partial charge in [0.15, 0.2) is 5.04 Å². The summed E-state index contributed by atoms with van der Waals surface area (Å²) in [6.07, 6.45) is 0. The fraction of sp³-hybridized carbons (Fsp3) is 0.0455. The minimum absolute atomic E-state index is 0.220. The molecule has 3 aromatic carbocycles. The highest BCUT2D eigenvalue weighted by atomic mass is 32.2. The first-order chi connectivity index (χ1) is 14.7. The van der Waals surface area contributed by atoms with Gasteiger partial charge in [0.1, 0.15) is 0 Å². The molecular formula is C22H18N6OS. The van der Waals surface area contributed by atoms with Gasteiger partial charge in [0.25, 0.3) is 0 Å². The van der Waals surface area contributed by atoms with E-state index in [1.165, 1.54) is 0 Å². The van der Waals surface area contributed by atoms with Crippen molar-refractivity contribution in [1.29, 1.82) is 0 Å². The van der Waals surface area contributed by atoms with E-state index in [2.05, 4.69) is 26.1 Å². The Labute approximate surface area is 177 Å². The second kappa shape index (κ2) is 9.15. The van der Waals surface area contributed by atoms with Crippen LogP contribution in [0.15, 0.2) is 95.2 Å². The van der Waals surface area contributed by atoms with Crippen LogP contribution in [0.25, 0.3) is 5.69 Å². The van der Waals surface area contributed by atoms with Crippen LogP contribution in [0.1, 0.15) is 15.9 Å². The molecule has 0 unspecified atom stereocenters. The van der Waals surface area contributed by atoms with Gasteiger partial charge < -0.3 is 0 Å². The van der Waals surface area contributed by atoms with E-state index < -0.39 is 0 Å². The van der Waals surface area contributed by atoms with Crippen LogP contribution in [0.4, 0.5) is 5.69 Å². The number of aromatic nitrogens is 4. The van der Waals surface area contributed by atoms with Crippen LogP contribution < -0.4 is 5.43 Å². The summed E-state index contributed by atoms with van der Waals surface area (Å²) in [6, 6.07) is 26.2. The summed E-state index contributed by atoms with van der Waals surface area (Å²) in [5, 5.41) is 16.9. The minimum atomic E-state index is -0.220. The van der Waals surface area contributed by atoms with Crippen molar-refractivity contribution in [3.63, 3.8) is 0 Å². The summed E-state index contributed by atoms with van der Waals surface area (Å²) < 4.78 is 1.57. The average molecular weight is 414 g/mol. The molecule has 1 heterocycles. The van der Waals surface area contributed by atoms with Crippen LogP contribution in [-0.4, -0.2) is 31.0 Å². The second-order valence-corrected chi connectivity index (χ2v) is 7.36. The predicted molar refractivity (Wildman–Crippen MR) is 118 cm³/mol. The fourth-order valence-corrected chi connectivity index (χ4v) is 3.42. The number of rotatable bonds is 6. The number of ketones is 1. The van der Waals surface area contributed by atoms with E-state index in [9.17, 15) is 4.79 Å². The van der Waals surface area contributed by atoms with E-state index in [0.717, 1.165) is 28.7 Å². The largest absolute Gasteiger partial charge is 0.286 e. The van der Waals surface area contributed by atoms with Gasteiger partial charge in [-0.3, -0.25) is 10.2 Å². The van der Waals surface area contributed by atoms with Crippen LogP contribution in [-0.2, 0) is 0 Å². The summed E-state index contributed by atoms with van der Waals surface area (Å²) in [6.45, 7) is 2.01. The van der Waals surface area contributed by atoms with Gasteiger partial charge in [0, 0.05) is 5.56 Å². The van der Waals surface area contributed by atoms with Gasteiger partial charge in [0.05, 0.1) is 11.4 Å². The third kappa shape index (κ3) is 4.61. The monoisotopic (exact) mass is 414 g/mol. The number of hydrogen-bond donors (Lipinski definition) is 1. The van der Waals surface area contributed by atoms with E-state index in [-0.39, 0.29) is 10.8 Å². The van der Waals surface area contributed by atoms with Crippen molar-refractivity contribution in [2.24, 2.45) is 5.10 Å². The molecule has 4 rings (SSSR count). The van der Waals surface area contributed by atoms with Crippen molar-refractivity contribution in [2.75, 3.05) is 5.43 Å². The Morgan fingerprint density at radius 3 is 2.30 bits per heavy atom. The summed E-state index contributed by atoms with van der Waals surface area (Å²) >= 11 is 1.11. The number of nitrogens with one attached hydrogen (secondary N) is 1. The highest BCUT2D eigenvalue weighted by Crippen LogP contribution is 2.22. The topological polar surface area (TPSA) is 85.1 Å². The minimum Gasteiger partial charge on any atom is -0.286 e. The number of benzene rings is 3. The van der Waals surface area contributed by atoms with Gasteiger partial charge in [-0.25, -0.2) is 0 Å². The molecule has 4 aromatic rings. The number of Topliss-reactive ketones (excluding diaryl/α,β-unsaturated/α-hetero) is 1. The van der Waals surface area contributed by atoms with Crippen molar-refractivity contribution >= 4 is 28.3 Å². The van der Waals surface area contributed by atoms with E-state index in [1.54, 1.807) is 16.8 Å². The molecule has 0 aliphatic carbocycles. The lowest BCUT2D eigenvalue weighted by molar-refractivity contribution is 0.106. The summed E-state index contributed by atoms with van der Waals surface area (Å²) in [7, 11) is 0. The number of tetrazole rings is 1. The van der Waals surface area contributed by atoms with Gasteiger partial charge in [-0.1, -0.05) is 66.2 Å². The first-order valence-corrected chi connectivity index (χ1v) is 10.0. The fourth-order valence-electron chi connectivity index (χ4n) is 2.64. The van der Waals surface area contributed by atoms with E-state index >= 15 is 0 Å². The first kappa shape index (κ1) is 19.5. The van der Waals surface area contributed by atoms with E-state index in [0.29, 0.717) is 10.7 Å². The Morgan fingerprint density at radius 2 is 1.60 bits per heavy atom. The highest BCUT2D eigenvalue weighted by Gasteiger charge is 2.20. The maximum absolute atomic E-state index is 13.1. The molecule has 1 N–H and O–H groups in total. The van der Waals surface area contributed by atoms with Gasteiger partial charge in [-0.05, 0) is 53.4 Å². The Hall–Kier alpha value is -3.78. The van der Waals surface area contributed by atoms with Crippen LogP contribution in [0, 0.1) is 6.92 Å². The Kier molecular flexibility index (Phi) is 5.95. The number of nitrogens with zero attached hydrogens (tertiary/aromatic N) is 5. The zero-order valence-electron chi connectivity index (χ0n) is 16.1. The number of aryl methyl sites for hydroxylation is 1. The third-order valence-electron chi connectivity index (χ3n) is 4.20. The molecular weight excluding hydrogens is 396 g/mol. The lowest BCUT2D eigenvalue weighted by Crippen LogP contribution is -2.14. The number of hydrogen-bond acceptors (Lipinski definition) is 7. The molecule has 7 nitrogen and oxygen atoms in total. The maximum atomic E-state index is 13.1. The highest BCUT2D eigenvalue weighted by molar-refractivity contribution is 8.15. The number of hydrazone groups is 1. The third-order valence-corrected chi connectivity index (χ3v) is 5.11. The molecule has 0 saturated carbocycles. The number of carbonyl (C=O) groups is 1. The van der Waals surface area contributed by atoms with Crippen LogP contribution in [0.5, 0.6) is 0 Å². The molecule has 0 radical (unpaired) electrons. The molecule has 0 fully saturated rings. The molecule has 30 heavy (non-hydrogen) atoms. The predicted octanol–water partition coefficient (Wildman–Crippen LogP) is 4.37. The molecule has 0 bridgehead atoms. The SMILES string of the molecule is Cc1ccc(NN=C(Sc2nnnn2-c2ccccc2)C(=O)c2ccccc2)cc1. The van der Waals surface area contributed by atoms with Gasteiger partial charge >= 0.3 is 0 Å². The normalized spacial score (nSPS) is 11.3. The molecule has 148 valence electrons. The number of anilines is 1. The van der Waals surface area contributed by atoms with E-state index in [1.807, 2.05) is 79.7 Å². The van der Waals surface area contributed by atoms with Crippen molar-refractivity contribution in [3.8, 4) is 5.69 Å². The standard InChI is InChI=1S/C22H18N6OS/c1-16-12-14-18(15-13-16)23-24-21(20(29)17-8-4-2-5-9-17)30-22-25-26-27-28(22)19-10-6-3-7-11-19/h2-15,23H,1H3. The molecule has 0 amide bonds. The first-order valence-electron chi connectivity index (χ1n) is 9.22. The summed E-state index contributed by atoms with van der Waals surface area (Å²) in [5.74, 6) is -0.220. The summed E-state index contributed by atoms with van der Waals surface area (Å²) in [5.41, 5.74) is 6.21. The summed E-state index contributed by atoms with van der Waals surface area (Å²) in [4.78, 5) is 13.1. The molecule has 0 spiro atoms.